The van der Waals surface area contributed by atoms with Crippen molar-refractivity contribution in [2.75, 3.05) is 11.1 Å². The molecular formula is C11H8F2N4O3. The molecule has 1 aromatic carbocycles. The van der Waals surface area contributed by atoms with Crippen molar-refractivity contribution in [1.82, 2.24) is 10.2 Å². The molecule has 0 aliphatic carbocycles. The minimum absolute atomic E-state index is 0.101. The number of ether oxygens (including phenoxy) is 2. The van der Waals surface area contributed by atoms with Gasteiger partial charge in [-0.2, -0.15) is 5.10 Å². The molecule has 2 aromatic rings. The van der Waals surface area contributed by atoms with E-state index in [0.717, 1.165) is 0 Å². The smallest absolute Gasteiger partial charge is 0.395 e. The summed E-state index contributed by atoms with van der Waals surface area (Å²) in [4.78, 5) is 11.9. The Labute approximate surface area is 110 Å². The van der Waals surface area contributed by atoms with Gasteiger partial charge in [0.2, 0.25) is 0 Å². The van der Waals surface area contributed by atoms with Gasteiger partial charge in [0, 0.05) is 11.8 Å². The highest BCUT2D eigenvalue weighted by molar-refractivity contribution is 6.07. The lowest BCUT2D eigenvalue weighted by atomic mass is 10.2. The van der Waals surface area contributed by atoms with E-state index in [1.54, 1.807) is 0 Å². The average Bonchev–Trinajstić information content (AvgIpc) is 2.90. The number of rotatable bonds is 2. The Hall–Kier alpha value is -2.84. The van der Waals surface area contributed by atoms with Crippen molar-refractivity contribution < 1.29 is 23.0 Å². The Balaban J connectivity index is 1.80. The van der Waals surface area contributed by atoms with E-state index in [-0.39, 0.29) is 28.6 Å². The van der Waals surface area contributed by atoms with Crippen molar-refractivity contribution in [3.8, 4) is 11.5 Å². The Morgan fingerprint density at radius 2 is 2.10 bits per heavy atom. The van der Waals surface area contributed by atoms with Gasteiger partial charge in [0.1, 0.15) is 11.4 Å². The number of H-pyrrole nitrogens is 1. The third-order valence-electron chi connectivity index (χ3n) is 2.57. The molecule has 104 valence electrons. The van der Waals surface area contributed by atoms with Gasteiger partial charge in [-0.05, 0) is 12.1 Å². The van der Waals surface area contributed by atoms with E-state index in [0.29, 0.717) is 0 Å². The number of carbonyl (C=O) groups excluding carboxylic acids is 1. The molecule has 0 saturated carbocycles. The van der Waals surface area contributed by atoms with Crippen LogP contribution in [0.2, 0.25) is 0 Å². The Morgan fingerprint density at radius 1 is 1.35 bits per heavy atom. The van der Waals surface area contributed by atoms with Gasteiger partial charge in [-0.1, -0.05) is 0 Å². The second kappa shape index (κ2) is 4.08. The van der Waals surface area contributed by atoms with Crippen LogP contribution in [0.5, 0.6) is 11.5 Å². The number of anilines is 2. The van der Waals surface area contributed by atoms with E-state index in [1.807, 2.05) is 0 Å². The van der Waals surface area contributed by atoms with E-state index in [9.17, 15) is 13.6 Å². The first-order chi connectivity index (χ1) is 9.44. The molecule has 2 heterocycles. The predicted octanol–water partition coefficient (Wildman–Crippen LogP) is 1.57. The number of carbonyl (C=O) groups is 1. The van der Waals surface area contributed by atoms with E-state index in [1.165, 1.54) is 24.4 Å². The number of aromatic nitrogens is 2. The molecule has 1 amide bonds. The first-order valence-corrected chi connectivity index (χ1v) is 5.45. The fraction of sp³-hybridized carbons (Fsp3) is 0.0909. The number of hydrogen-bond acceptors (Lipinski definition) is 5. The van der Waals surface area contributed by atoms with Crippen LogP contribution in [-0.2, 0) is 0 Å². The van der Waals surface area contributed by atoms with Crippen molar-refractivity contribution >= 4 is 17.4 Å². The minimum Gasteiger partial charge on any atom is -0.395 e. The number of nitrogens with zero attached hydrogens (tertiary/aromatic N) is 1. The van der Waals surface area contributed by atoms with E-state index in [4.69, 9.17) is 5.73 Å². The SMILES string of the molecule is Nc1[nH]ncc1C(=O)Nc1ccc2c(c1)OC(F)(F)O2. The van der Waals surface area contributed by atoms with Crippen molar-refractivity contribution in [2.24, 2.45) is 0 Å². The molecule has 1 aliphatic heterocycles. The third-order valence-corrected chi connectivity index (χ3v) is 2.57. The summed E-state index contributed by atoms with van der Waals surface area (Å²) in [5, 5.41) is 8.50. The fourth-order valence-electron chi connectivity index (χ4n) is 1.70. The highest BCUT2D eigenvalue weighted by atomic mass is 19.3. The predicted molar refractivity (Wildman–Crippen MR) is 63.6 cm³/mol. The molecule has 9 heteroatoms. The maximum Gasteiger partial charge on any atom is 0.586 e. The summed E-state index contributed by atoms with van der Waals surface area (Å²) in [5.41, 5.74) is 5.90. The third kappa shape index (κ3) is 2.09. The molecule has 4 N–H and O–H groups in total. The van der Waals surface area contributed by atoms with Crippen LogP contribution in [0.1, 0.15) is 10.4 Å². The number of amides is 1. The molecule has 3 rings (SSSR count). The normalized spacial score (nSPS) is 15.1. The van der Waals surface area contributed by atoms with E-state index in [2.05, 4.69) is 25.0 Å². The number of nitrogens with two attached hydrogens (primary N) is 1. The molecule has 0 atom stereocenters. The van der Waals surface area contributed by atoms with Gasteiger partial charge in [0.05, 0.1) is 6.20 Å². The van der Waals surface area contributed by atoms with Crippen molar-refractivity contribution in [1.29, 1.82) is 0 Å². The number of nitrogens with one attached hydrogen (secondary N) is 2. The highest BCUT2D eigenvalue weighted by Gasteiger charge is 2.43. The monoisotopic (exact) mass is 282 g/mol. The summed E-state index contributed by atoms with van der Waals surface area (Å²) in [6, 6.07) is 3.90. The van der Waals surface area contributed by atoms with Crippen LogP contribution < -0.4 is 20.5 Å². The summed E-state index contributed by atoms with van der Waals surface area (Å²) in [7, 11) is 0. The topological polar surface area (TPSA) is 102 Å². The van der Waals surface area contributed by atoms with Crippen molar-refractivity contribution in [3.63, 3.8) is 0 Å². The molecule has 0 radical (unpaired) electrons. The first-order valence-electron chi connectivity index (χ1n) is 5.45. The van der Waals surface area contributed by atoms with Gasteiger partial charge in [-0.25, -0.2) is 0 Å². The summed E-state index contributed by atoms with van der Waals surface area (Å²) in [6.07, 6.45) is -2.44. The van der Waals surface area contributed by atoms with Crippen LogP contribution in [0.3, 0.4) is 0 Å². The summed E-state index contributed by atoms with van der Waals surface area (Å²) < 4.78 is 34.2. The number of alkyl halides is 2. The lowest BCUT2D eigenvalue weighted by molar-refractivity contribution is -0.286. The number of benzene rings is 1. The van der Waals surface area contributed by atoms with Crippen molar-refractivity contribution in [3.05, 3.63) is 30.0 Å². The van der Waals surface area contributed by atoms with Gasteiger partial charge in [0.15, 0.2) is 11.5 Å². The number of hydrogen-bond donors (Lipinski definition) is 3. The average molecular weight is 282 g/mol. The second-order valence-corrected chi connectivity index (χ2v) is 3.98. The maximum atomic E-state index is 12.8. The van der Waals surface area contributed by atoms with Gasteiger partial charge in [-0.15, -0.1) is 8.78 Å². The molecule has 0 unspecified atom stereocenters. The largest absolute Gasteiger partial charge is 0.586 e. The zero-order chi connectivity index (χ0) is 14.3. The number of nitrogen functional groups attached to an aromatic ring is 1. The molecule has 0 bridgehead atoms. The fourth-order valence-corrected chi connectivity index (χ4v) is 1.70. The zero-order valence-corrected chi connectivity index (χ0v) is 9.81. The summed E-state index contributed by atoms with van der Waals surface area (Å²) in [5.74, 6) is -0.680. The first kappa shape index (κ1) is 12.2. The van der Waals surface area contributed by atoms with Gasteiger partial charge >= 0.3 is 6.29 Å². The molecule has 20 heavy (non-hydrogen) atoms. The standard InChI is InChI=1S/C11H8F2N4O3/c12-11(13)19-7-2-1-5(3-8(7)20-11)16-10(18)6-4-15-17-9(6)14/h1-4H,(H,16,18)(H3,14,15,17). The lowest BCUT2D eigenvalue weighted by Gasteiger charge is -2.05. The van der Waals surface area contributed by atoms with Crippen LogP contribution in [0.4, 0.5) is 20.3 Å². The molecule has 1 aromatic heterocycles. The van der Waals surface area contributed by atoms with E-state index < -0.39 is 12.2 Å². The summed E-state index contributed by atoms with van der Waals surface area (Å²) >= 11 is 0. The highest BCUT2D eigenvalue weighted by Crippen LogP contribution is 2.42. The number of aromatic amines is 1. The minimum atomic E-state index is -3.69. The van der Waals surface area contributed by atoms with Crippen LogP contribution in [-0.4, -0.2) is 22.4 Å². The van der Waals surface area contributed by atoms with Crippen molar-refractivity contribution in [2.45, 2.75) is 6.29 Å². The van der Waals surface area contributed by atoms with Crippen LogP contribution in [0, 0.1) is 0 Å². The Kier molecular flexibility index (Phi) is 2.49. The van der Waals surface area contributed by atoms with Gasteiger partial charge in [0.25, 0.3) is 5.91 Å². The van der Waals surface area contributed by atoms with Gasteiger partial charge < -0.3 is 20.5 Å². The molecule has 0 spiro atoms. The molecule has 1 aliphatic rings. The van der Waals surface area contributed by atoms with Crippen LogP contribution >= 0.6 is 0 Å². The Morgan fingerprint density at radius 3 is 2.80 bits per heavy atom. The molecular weight excluding hydrogens is 274 g/mol. The number of halogens is 2. The van der Waals surface area contributed by atoms with E-state index >= 15 is 0 Å². The molecule has 0 fully saturated rings. The Bertz CT molecular complexity index is 686. The molecule has 7 nitrogen and oxygen atoms in total. The lowest BCUT2D eigenvalue weighted by Crippen LogP contribution is -2.25. The van der Waals surface area contributed by atoms with Crippen LogP contribution in [0.15, 0.2) is 24.4 Å². The summed E-state index contributed by atoms with van der Waals surface area (Å²) in [6.45, 7) is 0. The quantitative estimate of drug-likeness (QED) is 0.775. The maximum absolute atomic E-state index is 12.8. The second-order valence-electron chi connectivity index (χ2n) is 3.98. The number of fused-ring (bicyclic) bond motifs is 1. The molecule has 0 saturated heterocycles. The van der Waals surface area contributed by atoms with Gasteiger partial charge in [-0.3, -0.25) is 9.89 Å². The van der Waals surface area contributed by atoms with Crippen LogP contribution in [0.25, 0.3) is 0 Å². The zero-order valence-electron chi connectivity index (χ0n) is 9.81.